The first kappa shape index (κ1) is 20.9. The quantitative estimate of drug-likeness (QED) is 0.430. The normalized spacial score (nSPS) is 25.0. The Bertz CT molecular complexity index is 1270. The number of aryl methyl sites for hydroxylation is 1. The van der Waals surface area contributed by atoms with E-state index < -0.39 is 17.7 Å². The van der Waals surface area contributed by atoms with Crippen molar-refractivity contribution in [3.8, 4) is 11.4 Å². The standard InChI is InChI=1S/C23H18F4N6O/c1-11-3-4-12(24)18(21-28-7-2-8-29-21)17(11)22(34)32-13-5-6-14(32)20-19(13)33(20)16-10-30-15(9-31-16)23(25,26)27/h2-4,7-10,13-14,19-20H,5-6H2,1H3. The molecule has 3 saturated heterocycles. The highest BCUT2D eigenvalue weighted by Crippen LogP contribution is 2.54. The molecule has 1 aromatic carbocycles. The van der Waals surface area contributed by atoms with Crippen LogP contribution in [0.5, 0.6) is 0 Å². The molecule has 3 aromatic rings. The number of nitrogens with zero attached hydrogens (tertiary/aromatic N) is 6. The Balaban J connectivity index is 1.30. The molecule has 11 heteroatoms. The number of amides is 1. The fourth-order valence-corrected chi connectivity index (χ4v) is 5.57. The van der Waals surface area contributed by atoms with Crippen LogP contribution in [0.3, 0.4) is 0 Å². The number of rotatable bonds is 3. The van der Waals surface area contributed by atoms with Gasteiger partial charge in [-0.25, -0.2) is 24.3 Å². The summed E-state index contributed by atoms with van der Waals surface area (Å²) in [5, 5.41) is 0. The van der Waals surface area contributed by atoms with Gasteiger partial charge in [-0.2, -0.15) is 13.2 Å². The van der Waals surface area contributed by atoms with Crippen LogP contribution in [0, 0.1) is 12.7 Å². The topological polar surface area (TPSA) is 74.9 Å². The number of halogens is 4. The molecule has 4 atom stereocenters. The summed E-state index contributed by atoms with van der Waals surface area (Å²) < 4.78 is 53.4. The first-order valence-electron chi connectivity index (χ1n) is 10.8. The third kappa shape index (κ3) is 2.99. The number of alkyl halides is 3. The van der Waals surface area contributed by atoms with E-state index in [1.54, 1.807) is 24.0 Å². The smallest absolute Gasteiger partial charge is 0.341 e. The molecule has 0 aliphatic carbocycles. The van der Waals surface area contributed by atoms with E-state index in [9.17, 15) is 22.4 Å². The van der Waals surface area contributed by atoms with Crippen molar-refractivity contribution >= 4 is 11.7 Å². The molecule has 2 bridgehead atoms. The highest BCUT2D eigenvalue weighted by Gasteiger charge is 2.69. The molecule has 7 nitrogen and oxygen atoms in total. The summed E-state index contributed by atoms with van der Waals surface area (Å²) in [6, 6.07) is 4.12. The number of hydrogen-bond acceptors (Lipinski definition) is 6. The first-order valence-corrected chi connectivity index (χ1v) is 10.8. The molecular weight excluding hydrogens is 452 g/mol. The highest BCUT2D eigenvalue weighted by molar-refractivity contribution is 6.02. The van der Waals surface area contributed by atoms with Crippen LogP contribution in [0.15, 0.2) is 43.0 Å². The maximum Gasteiger partial charge on any atom is 0.434 e. The fraction of sp³-hybridized carbons (Fsp3) is 0.348. The third-order valence-electron chi connectivity index (χ3n) is 6.96. The number of fused-ring (bicyclic) bond motifs is 5. The highest BCUT2D eigenvalue weighted by atomic mass is 19.4. The van der Waals surface area contributed by atoms with E-state index in [2.05, 4.69) is 19.9 Å². The average molecular weight is 470 g/mol. The van der Waals surface area contributed by atoms with E-state index in [1.165, 1.54) is 18.5 Å². The molecule has 34 heavy (non-hydrogen) atoms. The zero-order chi connectivity index (χ0) is 23.8. The van der Waals surface area contributed by atoms with Crippen molar-refractivity contribution in [3.05, 3.63) is 65.6 Å². The third-order valence-corrected chi connectivity index (χ3v) is 6.96. The zero-order valence-corrected chi connectivity index (χ0v) is 17.9. The predicted octanol–water partition coefficient (Wildman–Crippen LogP) is 3.64. The lowest BCUT2D eigenvalue weighted by Crippen LogP contribution is -2.43. The molecule has 5 heterocycles. The molecular formula is C23H18F4N6O. The summed E-state index contributed by atoms with van der Waals surface area (Å²) in [5.74, 6) is -0.339. The average Bonchev–Trinajstić information content (AvgIpc) is 3.33. The lowest BCUT2D eigenvalue weighted by atomic mass is 9.98. The van der Waals surface area contributed by atoms with Crippen LogP contribution in [0.2, 0.25) is 0 Å². The number of carbonyl (C=O) groups excluding carboxylic acids is 1. The van der Waals surface area contributed by atoms with Gasteiger partial charge < -0.3 is 9.80 Å². The van der Waals surface area contributed by atoms with Crippen molar-refractivity contribution in [2.45, 2.75) is 50.1 Å². The van der Waals surface area contributed by atoms with E-state index in [-0.39, 0.29) is 47.0 Å². The van der Waals surface area contributed by atoms with E-state index in [0.29, 0.717) is 11.4 Å². The van der Waals surface area contributed by atoms with Gasteiger partial charge in [-0.3, -0.25) is 4.79 Å². The molecule has 3 aliphatic heterocycles. The molecule has 0 N–H and O–H groups in total. The Morgan fingerprint density at radius 3 is 2.26 bits per heavy atom. The molecule has 4 unspecified atom stereocenters. The lowest BCUT2D eigenvalue weighted by molar-refractivity contribution is -0.141. The van der Waals surface area contributed by atoms with E-state index in [0.717, 1.165) is 25.2 Å². The summed E-state index contributed by atoms with van der Waals surface area (Å²) in [6.45, 7) is 1.75. The fourth-order valence-electron chi connectivity index (χ4n) is 5.57. The Labute approximate surface area is 191 Å². The second-order valence-corrected chi connectivity index (χ2v) is 8.76. The minimum atomic E-state index is -4.55. The maximum absolute atomic E-state index is 14.9. The molecule has 3 fully saturated rings. The monoisotopic (exact) mass is 470 g/mol. The first-order chi connectivity index (χ1) is 16.3. The number of benzene rings is 1. The number of piperazine rings is 1. The van der Waals surface area contributed by atoms with Gasteiger partial charge >= 0.3 is 6.18 Å². The largest absolute Gasteiger partial charge is 0.434 e. The summed E-state index contributed by atoms with van der Waals surface area (Å²) >= 11 is 0. The molecule has 2 aromatic heterocycles. The van der Waals surface area contributed by atoms with Gasteiger partial charge in [-0.1, -0.05) is 6.07 Å². The zero-order valence-electron chi connectivity index (χ0n) is 17.9. The van der Waals surface area contributed by atoms with Crippen molar-refractivity contribution in [1.82, 2.24) is 24.8 Å². The van der Waals surface area contributed by atoms with E-state index >= 15 is 0 Å². The Morgan fingerprint density at radius 2 is 1.68 bits per heavy atom. The second-order valence-electron chi connectivity index (χ2n) is 8.76. The number of hydrogen-bond donors (Lipinski definition) is 0. The summed E-state index contributed by atoms with van der Waals surface area (Å²) in [7, 11) is 0. The maximum atomic E-state index is 14.9. The van der Waals surface area contributed by atoms with E-state index in [4.69, 9.17) is 0 Å². The molecule has 0 radical (unpaired) electrons. The second kappa shape index (κ2) is 7.18. The van der Waals surface area contributed by atoms with Crippen molar-refractivity contribution in [3.63, 3.8) is 0 Å². The molecule has 3 aliphatic rings. The van der Waals surface area contributed by atoms with Crippen LogP contribution in [0.25, 0.3) is 11.4 Å². The van der Waals surface area contributed by atoms with Gasteiger partial charge in [0, 0.05) is 12.4 Å². The van der Waals surface area contributed by atoms with Gasteiger partial charge in [-0.15, -0.1) is 0 Å². The van der Waals surface area contributed by atoms with Crippen LogP contribution < -0.4 is 4.90 Å². The van der Waals surface area contributed by atoms with Gasteiger partial charge in [-0.05, 0) is 37.5 Å². The number of carbonyl (C=O) groups is 1. The van der Waals surface area contributed by atoms with Crippen molar-refractivity contribution in [1.29, 1.82) is 0 Å². The van der Waals surface area contributed by atoms with Crippen molar-refractivity contribution < 1.29 is 22.4 Å². The molecule has 6 rings (SSSR count). The van der Waals surface area contributed by atoms with Crippen molar-refractivity contribution in [2.75, 3.05) is 4.90 Å². The Hall–Kier alpha value is -3.63. The van der Waals surface area contributed by atoms with Crippen LogP contribution in [0.4, 0.5) is 23.4 Å². The molecule has 0 spiro atoms. The van der Waals surface area contributed by atoms with E-state index in [1.807, 2.05) is 4.90 Å². The minimum absolute atomic E-state index is 0.0426. The number of anilines is 1. The molecule has 1 amide bonds. The van der Waals surface area contributed by atoms with Gasteiger partial charge in [0.25, 0.3) is 5.91 Å². The number of aromatic nitrogens is 4. The van der Waals surface area contributed by atoms with Crippen LogP contribution in [-0.2, 0) is 6.18 Å². The Kier molecular flexibility index (Phi) is 4.42. The van der Waals surface area contributed by atoms with Gasteiger partial charge in [0.1, 0.15) is 11.6 Å². The van der Waals surface area contributed by atoms with Crippen LogP contribution >= 0.6 is 0 Å². The SMILES string of the molecule is Cc1ccc(F)c(-c2ncccn2)c1C(=O)N1C2CCC1C1C2N1c1cnc(C(F)(F)F)cn1. The van der Waals surface area contributed by atoms with Gasteiger partial charge in [0.2, 0.25) is 0 Å². The molecule has 0 saturated carbocycles. The predicted molar refractivity (Wildman–Crippen MR) is 112 cm³/mol. The summed E-state index contributed by atoms with van der Waals surface area (Å²) in [5.41, 5.74) is -0.0964. The Morgan fingerprint density at radius 1 is 1.00 bits per heavy atom. The van der Waals surface area contributed by atoms with Crippen molar-refractivity contribution in [2.24, 2.45) is 0 Å². The summed E-state index contributed by atoms with van der Waals surface area (Å²) in [4.78, 5) is 33.3. The lowest BCUT2D eigenvalue weighted by Gasteiger charge is -2.29. The molecule has 174 valence electrons. The minimum Gasteiger partial charge on any atom is -0.341 e. The van der Waals surface area contributed by atoms with Crippen LogP contribution in [-0.4, -0.2) is 54.9 Å². The van der Waals surface area contributed by atoms with Gasteiger partial charge in [0.15, 0.2) is 11.5 Å². The van der Waals surface area contributed by atoms with Crippen LogP contribution in [0.1, 0.15) is 34.5 Å². The van der Waals surface area contributed by atoms with Gasteiger partial charge in [0.05, 0.1) is 47.7 Å². The summed E-state index contributed by atoms with van der Waals surface area (Å²) in [6.07, 6.45) is 1.82.